The molecule has 0 saturated heterocycles. The van der Waals surface area contributed by atoms with Gasteiger partial charge in [0.15, 0.2) is 5.69 Å². The Hall–Kier alpha value is -1.95. The second-order valence-electron chi connectivity index (χ2n) is 5.29. The van der Waals surface area contributed by atoms with Gasteiger partial charge < -0.3 is 4.57 Å². The van der Waals surface area contributed by atoms with Gasteiger partial charge in [0.1, 0.15) is 5.15 Å². The van der Waals surface area contributed by atoms with E-state index >= 15 is 0 Å². The lowest BCUT2D eigenvalue weighted by Crippen LogP contribution is -2.26. The zero-order valence-electron chi connectivity index (χ0n) is 13.2. The predicted molar refractivity (Wildman–Crippen MR) is 79.9 cm³/mol. The highest BCUT2D eigenvalue weighted by Gasteiger charge is 2.39. The predicted octanol–water partition coefficient (Wildman–Crippen LogP) is 6.02. The molecule has 2 aromatic rings. The van der Waals surface area contributed by atoms with Crippen molar-refractivity contribution < 1.29 is 39.5 Å². The van der Waals surface area contributed by atoms with Crippen LogP contribution >= 0.6 is 23.2 Å². The number of halogens is 11. The fourth-order valence-electron chi connectivity index (χ4n) is 1.93. The number of hydrogen-bond donors (Lipinski definition) is 0. The van der Waals surface area contributed by atoms with Crippen LogP contribution in [0, 0.1) is 0 Å². The number of rotatable bonds is 1. The van der Waals surface area contributed by atoms with Crippen molar-refractivity contribution in [1.29, 1.82) is 0 Å². The standard InChI is InChI=1S/C14H6Cl2F9N3/c1-28-9(15)4-8(14(23,24)25)27-11(28)26-7-3-5(12(17,18)19)2-6(10(7)16)13(20,21)22/h2-4H,1H3. The van der Waals surface area contributed by atoms with Gasteiger partial charge >= 0.3 is 18.5 Å². The van der Waals surface area contributed by atoms with E-state index in [2.05, 4.69) is 9.98 Å². The van der Waals surface area contributed by atoms with E-state index < -0.39 is 56.8 Å². The van der Waals surface area contributed by atoms with Crippen molar-refractivity contribution >= 4 is 28.9 Å². The summed E-state index contributed by atoms with van der Waals surface area (Å²) in [5.41, 5.74) is -7.14. The van der Waals surface area contributed by atoms with E-state index in [0.717, 1.165) is 11.6 Å². The summed E-state index contributed by atoms with van der Waals surface area (Å²) in [6.45, 7) is 0. The van der Waals surface area contributed by atoms with Gasteiger partial charge in [0.25, 0.3) is 0 Å². The van der Waals surface area contributed by atoms with Crippen molar-refractivity contribution in [3.8, 4) is 0 Å². The zero-order chi connectivity index (χ0) is 21.7. The van der Waals surface area contributed by atoms with Crippen LogP contribution in [-0.4, -0.2) is 9.55 Å². The molecular formula is C14H6Cl2F9N3. The smallest absolute Gasteiger partial charge is 0.304 e. The van der Waals surface area contributed by atoms with E-state index in [-0.39, 0.29) is 12.1 Å². The Labute approximate surface area is 160 Å². The summed E-state index contributed by atoms with van der Waals surface area (Å²) in [6, 6.07) is 0.344. The van der Waals surface area contributed by atoms with Gasteiger partial charge in [-0.2, -0.15) is 39.5 Å². The Morgan fingerprint density at radius 2 is 1.43 bits per heavy atom. The summed E-state index contributed by atoms with van der Waals surface area (Å²) in [5, 5.41) is -1.81. The van der Waals surface area contributed by atoms with Crippen LogP contribution in [0.15, 0.2) is 23.2 Å². The first-order chi connectivity index (χ1) is 12.5. The van der Waals surface area contributed by atoms with Crippen LogP contribution in [0.5, 0.6) is 0 Å². The van der Waals surface area contributed by atoms with Crippen LogP contribution < -0.4 is 5.62 Å². The molecule has 0 atom stereocenters. The lowest BCUT2D eigenvalue weighted by Gasteiger charge is -2.15. The molecule has 14 heteroatoms. The Morgan fingerprint density at radius 1 is 0.857 bits per heavy atom. The van der Waals surface area contributed by atoms with Crippen molar-refractivity contribution in [3.63, 3.8) is 0 Å². The van der Waals surface area contributed by atoms with Crippen LogP contribution in [0.25, 0.3) is 0 Å². The number of aromatic nitrogens is 2. The van der Waals surface area contributed by atoms with Gasteiger partial charge in [-0.25, -0.2) is 9.98 Å². The first kappa shape index (κ1) is 22.3. The molecule has 154 valence electrons. The molecule has 3 nitrogen and oxygen atoms in total. The highest BCUT2D eigenvalue weighted by Crippen LogP contribution is 2.43. The molecule has 2 rings (SSSR count). The van der Waals surface area contributed by atoms with Gasteiger partial charge in [-0.05, 0) is 12.1 Å². The van der Waals surface area contributed by atoms with E-state index in [0.29, 0.717) is 6.07 Å². The largest absolute Gasteiger partial charge is 0.433 e. The normalized spacial score (nSPS) is 13.9. The van der Waals surface area contributed by atoms with Crippen molar-refractivity contribution in [1.82, 2.24) is 9.55 Å². The lowest BCUT2D eigenvalue weighted by atomic mass is 10.1. The second kappa shape index (κ2) is 7.14. The maximum absolute atomic E-state index is 13.0. The molecule has 0 saturated carbocycles. The monoisotopic (exact) mass is 457 g/mol. The van der Waals surface area contributed by atoms with Crippen molar-refractivity contribution in [3.05, 3.63) is 50.8 Å². The number of hydrogen-bond acceptors (Lipinski definition) is 2. The number of alkyl halides is 9. The van der Waals surface area contributed by atoms with E-state index in [4.69, 9.17) is 23.2 Å². The Kier molecular flexibility index (Phi) is 5.70. The molecule has 0 amide bonds. The van der Waals surface area contributed by atoms with Gasteiger partial charge in [-0.3, -0.25) is 0 Å². The summed E-state index contributed by atoms with van der Waals surface area (Å²) in [5.74, 6) is 0. The average Bonchev–Trinajstić information content (AvgIpc) is 2.50. The zero-order valence-corrected chi connectivity index (χ0v) is 14.7. The first-order valence-electron chi connectivity index (χ1n) is 6.85. The molecule has 0 bridgehead atoms. The van der Waals surface area contributed by atoms with Gasteiger partial charge in [-0.15, -0.1) is 0 Å². The molecule has 0 aliphatic carbocycles. The van der Waals surface area contributed by atoms with E-state index in [1.165, 1.54) is 0 Å². The first-order valence-corrected chi connectivity index (χ1v) is 7.61. The molecular weight excluding hydrogens is 452 g/mol. The summed E-state index contributed by atoms with van der Waals surface area (Å²) in [6.07, 6.45) is -15.5. The Morgan fingerprint density at radius 3 is 1.89 bits per heavy atom. The topological polar surface area (TPSA) is 30.2 Å². The molecule has 0 radical (unpaired) electrons. The Bertz CT molecular complexity index is 972. The summed E-state index contributed by atoms with van der Waals surface area (Å²) in [7, 11) is 1.06. The Balaban J connectivity index is 2.88. The summed E-state index contributed by atoms with van der Waals surface area (Å²) >= 11 is 11.1. The van der Waals surface area contributed by atoms with Crippen LogP contribution in [0.2, 0.25) is 10.2 Å². The van der Waals surface area contributed by atoms with Crippen LogP contribution in [0.1, 0.15) is 16.8 Å². The minimum atomic E-state index is -5.27. The second-order valence-corrected chi connectivity index (χ2v) is 6.05. The third-order valence-corrected chi connectivity index (χ3v) is 4.05. The van der Waals surface area contributed by atoms with Crippen LogP contribution in [0.3, 0.4) is 0 Å². The van der Waals surface area contributed by atoms with E-state index in [9.17, 15) is 39.5 Å². The molecule has 0 aliphatic heterocycles. The fraction of sp³-hybridized carbons (Fsp3) is 0.286. The molecule has 1 heterocycles. The third-order valence-electron chi connectivity index (χ3n) is 3.29. The molecule has 0 spiro atoms. The molecule has 0 unspecified atom stereocenters. The maximum Gasteiger partial charge on any atom is 0.433 e. The van der Waals surface area contributed by atoms with Crippen LogP contribution in [-0.2, 0) is 25.6 Å². The molecule has 0 aliphatic rings. The number of nitrogens with zero attached hydrogens (tertiary/aromatic N) is 3. The van der Waals surface area contributed by atoms with E-state index in [1.54, 1.807) is 0 Å². The van der Waals surface area contributed by atoms with Gasteiger partial charge in [0.05, 0.1) is 21.8 Å². The van der Waals surface area contributed by atoms with Gasteiger partial charge in [0, 0.05) is 13.1 Å². The highest BCUT2D eigenvalue weighted by atomic mass is 35.5. The summed E-state index contributed by atoms with van der Waals surface area (Å²) < 4.78 is 117. The minimum absolute atomic E-state index is 0.160. The van der Waals surface area contributed by atoms with Crippen molar-refractivity contribution in [2.45, 2.75) is 18.5 Å². The lowest BCUT2D eigenvalue weighted by molar-refractivity contribution is -0.143. The quantitative estimate of drug-likeness (QED) is 0.380. The molecule has 0 fully saturated rings. The molecule has 1 aromatic carbocycles. The van der Waals surface area contributed by atoms with Gasteiger partial charge in [-0.1, -0.05) is 23.2 Å². The average molecular weight is 458 g/mol. The molecule has 28 heavy (non-hydrogen) atoms. The highest BCUT2D eigenvalue weighted by molar-refractivity contribution is 6.33. The van der Waals surface area contributed by atoms with Crippen molar-refractivity contribution in [2.24, 2.45) is 12.0 Å². The van der Waals surface area contributed by atoms with Crippen molar-refractivity contribution in [2.75, 3.05) is 0 Å². The van der Waals surface area contributed by atoms with Crippen LogP contribution in [0.4, 0.5) is 45.2 Å². The fourth-order valence-corrected chi connectivity index (χ4v) is 2.37. The van der Waals surface area contributed by atoms with Gasteiger partial charge in [0.2, 0.25) is 5.62 Å². The number of benzene rings is 1. The molecule has 1 aromatic heterocycles. The third kappa shape index (κ3) is 4.72. The molecule has 0 N–H and O–H groups in total. The SMILES string of the molecule is Cn1c(Cl)cc(C(F)(F)F)nc1=Nc1cc(C(F)(F)F)cc(C(F)(F)F)c1Cl. The minimum Gasteiger partial charge on any atom is -0.304 e. The maximum atomic E-state index is 13.0. The van der Waals surface area contributed by atoms with E-state index in [1.807, 2.05) is 0 Å². The summed E-state index contributed by atoms with van der Waals surface area (Å²) in [4.78, 5) is 6.45.